The Kier molecular flexibility index (Phi) is 4.25. The summed E-state index contributed by atoms with van der Waals surface area (Å²) >= 11 is 0. The Labute approximate surface area is 176 Å². The van der Waals surface area contributed by atoms with Gasteiger partial charge in [-0.25, -0.2) is 8.78 Å². The number of fused-ring (bicyclic) bond motifs is 2. The minimum atomic E-state index is -1.03. The molecule has 0 spiro atoms. The Bertz CT molecular complexity index is 1420. The molecule has 1 unspecified atom stereocenters. The number of hydrogen-bond acceptors (Lipinski definition) is 3. The molecule has 0 fully saturated rings. The molecule has 0 radical (unpaired) electrons. The van der Waals surface area contributed by atoms with Crippen molar-refractivity contribution in [2.24, 2.45) is 0 Å². The van der Waals surface area contributed by atoms with E-state index in [0.717, 1.165) is 11.1 Å². The summed E-state index contributed by atoms with van der Waals surface area (Å²) in [5.74, 6) is -1.73. The van der Waals surface area contributed by atoms with Crippen molar-refractivity contribution in [2.75, 3.05) is 4.90 Å². The lowest BCUT2D eigenvalue weighted by Gasteiger charge is -2.25. The molecule has 5 rings (SSSR count). The third-order valence-corrected chi connectivity index (χ3v) is 5.79. The van der Waals surface area contributed by atoms with Gasteiger partial charge in [-0.2, -0.15) is 0 Å². The first-order valence-electron chi connectivity index (χ1n) is 9.78. The quantitative estimate of drug-likeness (QED) is 0.437. The highest BCUT2D eigenvalue weighted by Crippen LogP contribution is 2.42. The summed E-state index contributed by atoms with van der Waals surface area (Å²) in [6.45, 7) is 3.77. The van der Waals surface area contributed by atoms with Gasteiger partial charge in [0, 0.05) is 11.3 Å². The van der Waals surface area contributed by atoms with Crippen LogP contribution in [0.15, 0.2) is 69.9 Å². The lowest BCUT2D eigenvalue weighted by Crippen LogP contribution is -2.30. The molecule has 1 aliphatic rings. The molecule has 4 aromatic rings. The molecular weight excluding hydrogens is 400 g/mol. The molecule has 1 aromatic heterocycles. The lowest BCUT2D eigenvalue weighted by molar-refractivity contribution is 0.0970. The van der Waals surface area contributed by atoms with Crippen LogP contribution in [0.2, 0.25) is 0 Å². The topological polar surface area (TPSA) is 50.5 Å². The van der Waals surface area contributed by atoms with Gasteiger partial charge in [-0.1, -0.05) is 18.2 Å². The van der Waals surface area contributed by atoms with Gasteiger partial charge in [-0.15, -0.1) is 0 Å². The van der Waals surface area contributed by atoms with E-state index < -0.39 is 23.6 Å². The van der Waals surface area contributed by atoms with Crippen LogP contribution < -0.4 is 10.3 Å². The molecule has 3 aromatic carbocycles. The van der Waals surface area contributed by atoms with Crippen molar-refractivity contribution in [3.63, 3.8) is 0 Å². The third-order valence-electron chi connectivity index (χ3n) is 5.79. The van der Waals surface area contributed by atoms with Crippen molar-refractivity contribution in [3.05, 3.63) is 111 Å². The Morgan fingerprint density at radius 3 is 2.29 bits per heavy atom. The van der Waals surface area contributed by atoms with Gasteiger partial charge in [0.2, 0.25) is 5.76 Å². The van der Waals surface area contributed by atoms with E-state index in [1.165, 1.54) is 47.4 Å². The molecule has 4 nitrogen and oxygen atoms in total. The molecule has 0 saturated carbocycles. The van der Waals surface area contributed by atoms with Crippen LogP contribution in [-0.2, 0) is 0 Å². The highest BCUT2D eigenvalue weighted by atomic mass is 19.1. The van der Waals surface area contributed by atoms with E-state index in [0.29, 0.717) is 16.7 Å². The predicted octanol–water partition coefficient (Wildman–Crippen LogP) is 5.44. The molecule has 0 N–H and O–H groups in total. The Hall–Kier alpha value is -3.80. The van der Waals surface area contributed by atoms with Gasteiger partial charge in [-0.3, -0.25) is 14.5 Å². The smallest absolute Gasteiger partial charge is 0.295 e. The van der Waals surface area contributed by atoms with E-state index in [1.807, 2.05) is 13.8 Å². The number of carbonyl (C=O) groups excluding carboxylic acids is 1. The summed E-state index contributed by atoms with van der Waals surface area (Å²) in [5, 5.41) is 0.331. The van der Waals surface area contributed by atoms with Gasteiger partial charge < -0.3 is 4.42 Å². The maximum Gasteiger partial charge on any atom is 0.295 e. The first kappa shape index (κ1) is 19.2. The van der Waals surface area contributed by atoms with E-state index >= 15 is 0 Å². The van der Waals surface area contributed by atoms with Crippen LogP contribution in [0.3, 0.4) is 0 Å². The molecule has 154 valence electrons. The van der Waals surface area contributed by atoms with Crippen molar-refractivity contribution in [3.8, 4) is 0 Å². The van der Waals surface area contributed by atoms with E-state index in [-0.39, 0.29) is 22.3 Å². The minimum absolute atomic E-state index is 0.0789. The Morgan fingerprint density at radius 2 is 1.58 bits per heavy atom. The fourth-order valence-corrected chi connectivity index (χ4v) is 4.09. The van der Waals surface area contributed by atoms with E-state index in [9.17, 15) is 18.4 Å². The number of halogens is 2. The van der Waals surface area contributed by atoms with Crippen LogP contribution in [0.1, 0.15) is 38.9 Å². The molecule has 0 bridgehead atoms. The molecule has 0 saturated heterocycles. The van der Waals surface area contributed by atoms with Crippen LogP contribution in [0.25, 0.3) is 11.0 Å². The van der Waals surface area contributed by atoms with Gasteiger partial charge in [0.05, 0.1) is 17.0 Å². The van der Waals surface area contributed by atoms with E-state index in [1.54, 1.807) is 18.2 Å². The number of benzene rings is 3. The predicted molar refractivity (Wildman–Crippen MR) is 113 cm³/mol. The highest BCUT2D eigenvalue weighted by Gasteiger charge is 2.44. The van der Waals surface area contributed by atoms with Crippen LogP contribution in [-0.4, -0.2) is 5.91 Å². The molecule has 6 heteroatoms. The third kappa shape index (κ3) is 2.86. The number of rotatable bonds is 2. The number of amides is 1. The number of nitrogens with zero attached hydrogens (tertiary/aromatic N) is 1. The number of hydrogen-bond donors (Lipinski definition) is 0. The molecular formula is C25H17F2NO3. The van der Waals surface area contributed by atoms with Crippen molar-refractivity contribution < 1.29 is 18.0 Å². The number of anilines is 1. The maximum absolute atomic E-state index is 14.8. The van der Waals surface area contributed by atoms with Gasteiger partial charge in [0.25, 0.3) is 5.91 Å². The lowest BCUT2D eigenvalue weighted by atomic mass is 9.97. The molecule has 1 amide bonds. The summed E-state index contributed by atoms with van der Waals surface area (Å²) in [5.41, 5.74) is 2.31. The monoisotopic (exact) mass is 417 g/mol. The van der Waals surface area contributed by atoms with Gasteiger partial charge in [0.1, 0.15) is 17.2 Å². The van der Waals surface area contributed by atoms with Crippen LogP contribution >= 0.6 is 0 Å². The second kappa shape index (κ2) is 6.87. The first-order valence-corrected chi connectivity index (χ1v) is 9.78. The van der Waals surface area contributed by atoms with Crippen LogP contribution in [0, 0.1) is 25.5 Å². The summed E-state index contributed by atoms with van der Waals surface area (Å²) in [6, 6.07) is 13.7. The zero-order valence-electron chi connectivity index (χ0n) is 16.8. The fourth-order valence-electron chi connectivity index (χ4n) is 4.09. The zero-order valence-corrected chi connectivity index (χ0v) is 16.8. The average Bonchev–Trinajstić information content (AvgIpc) is 3.03. The molecule has 31 heavy (non-hydrogen) atoms. The van der Waals surface area contributed by atoms with Crippen molar-refractivity contribution >= 4 is 22.6 Å². The second-order valence-corrected chi connectivity index (χ2v) is 7.68. The van der Waals surface area contributed by atoms with Crippen molar-refractivity contribution in [2.45, 2.75) is 19.9 Å². The van der Waals surface area contributed by atoms with Gasteiger partial charge in [-0.05, 0) is 67.4 Å². The van der Waals surface area contributed by atoms with Crippen molar-refractivity contribution in [1.82, 2.24) is 0 Å². The fraction of sp³-hybridized carbons (Fsp3) is 0.120. The summed E-state index contributed by atoms with van der Waals surface area (Å²) in [7, 11) is 0. The largest absolute Gasteiger partial charge is 0.450 e. The normalized spacial score (nSPS) is 15.5. The summed E-state index contributed by atoms with van der Waals surface area (Å²) in [6.07, 6.45) is 0. The summed E-state index contributed by atoms with van der Waals surface area (Å²) in [4.78, 5) is 28.2. The zero-order chi connectivity index (χ0) is 21.9. The summed E-state index contributed by atoms with van der Waals surface area (Å²) < 4.78 is 34.3. The van der Waals surface area contributed by atoms with E-state index in [2.05, 4.69) is 0 Å². The van der Waals surface area contributed by atoms with Crippen LogP contribution in [0.5, 0.6) is 0 Å². The Balaban J connectivity index is 1.85. The highest BCUT2D eigenvalue weighted by molar-refractivity contribution is 6.10. The minimum Gasteiger partial charge on any atom is -0.450 e. The Morgan fingerprint density at radius 1 is 0.903 bits per heavy atom. The molecule has 2 heterocycles. The molecule has 0 aliphatic carbocycles. The second-order valence-electron chi connectivity index (χ2n) is 7.68. The van der Waals surface area contributed by atoms with E-state index in [4.69, 9.17) is 4.42 Å². The van der Waals surface area contributed by atoms with Crippen molar-refractivity contribution in [1.29, 1.82) is 0 Å². The SMILES string of the molecule is Cc1cc2oc3c(c(=O)c2cc1C)C(c1ccccc1F)N(c1ccc(F)cc1)C3=O. The number of carbonyl (C=O) groups is 1. The standard InChI is InChI=1S/C25H17F2NO3/c1-13-11-18-20(12-14(13)2)31-24-21(23(18)29)22(17-5-3-4-6-19(17)27)28(25(24)30)16-9-7-15(26)8-10-16/h3-12,22H,1-2H3. The number of aryl methyl sites for hydroxylation is 2. The van der Waals surface area contributed by atoms with Gasteiger partial charge in [0.15, 0.2) is 5.43 Å². The first-order chi connectivity index (χ1) is 14.9. The van der Waals surface area contributed by atoms with Crippen LogP contribution in [0.4, 0.5) is 14.5 Å². The molecule has 1 aliphatic heterocycles. The molecule has 1 atom stereocenters. The van der Waals surface area contributed by atoms with Gasteiger partial charge >= 0.3 is 0 Å². The average molecular weight is 417 g/mol. The maximum atomic E-state index is 14.8.